The number of carbonyl (C=O) groups is 4. The maximum absolute atomic E-state index is 12.7. The molecule has 8 nitrogen and oxygen atoms in total. The summed E-state index contributed by atoms with van der Waals surface area (Å²) in [5, 5.41) is 2.25. The highest BCUT2D eigenvalue weighted by Gasteiger charge is 2.36. The molecule has 1 aliphatic rings. The van der Waals surface area contributed by atoms with Gasteiger partial charge in [-0.25, -0.2) is 4.79 Å². The van der Waals surface area contributed by atoms with E-state index in [4.69, 9.17) is 9.47 Å². The molecule has 1 heterocycles. The van der Waals surface area contributed by atoms with Crippen molar-refractivity contribution in [2.75, 3.05) is 25.1 Å². The number of benzene rings is 2. The van der Waals surface area contributed by atoms with Gasteiger partial charge in [-0.15, -0.1) is 0 Å². The average molecular weight is 469 g/mol. The van der Waals surface area contributed by atoms with Crippen molar-refractivity contribution >= 4 is 46.5 Å². The Morgan fingerprint density at radius 3 is 2.52 bits per heavy atom. The summed E-state index contributed by atoms with van der Waals surface area (Å²) in [6.45, 7) is 5.21. The van der Waals surface area contributed by atoms with Gasteiger partial charge >= 0.3 is 5.97 Å². The van der Waals surface area contributed by atoms with E-state index in [1.807, 2.05) is 32.0 Å². The van der Waals surface area contributed by atoms with Crippen LogP contribution < -0.4 is 10.1 Å². The highest BCUT2D eigenvalue weighted by atomic mass is 32.2. The molecule has 2 aromatic carbocycles. The Balaban J connectivity index is 1.61. The number of nitrogens with zero attached hydrogens (tertiary/aromatic N) is 1. The molecule has 33 heavy (non-hydrogen) atoms. The van der Waals surface area contributed by atoms with Gasteiger partial charge in [0.25, 0.3) is 11.1 Å². The van der Waals surface area contributed by atoms with Crippen LogP contribution in [0.3, 0.4) is 0 Å². The minimum Gasteiger partial charge on any atom is -0.482 e. The third-order valence-electron chi connectivity index (χ3n) is 4.68. The highest BCUT2D eigenvalue weighted by molar-refractivity contribution is 8.18. The lowest BCUT2D eigenvalue weighted by molar-refractivity contribution is -0.145. The number of carbonyl (C=O) groups excluding carboxylic acids is 4. The first-order valence-electron chi connectivity index (χ1n) is 10.3. The van der Waals surface area contributed by atoms with Crippen molar-refractivity contribution in [1.29, 1.82) is 0 Å². The molecule has 3 rings (SSSR count). The minimum atomic E-state index is -0.524. The van der Waals surface area contributed by atoms with E-state index in [1.165, 1.54) is 0 Å². The second-order valence-corrected chi connectivity index (χ2v) is 8.29. The van der Waals surface area contributed by atoms with E-state index in [0.717, 1.165) is 27.8 Å². The molecule has 0 aromatic heterocycles. The van der Waals surface area contributed by atoms with Crippen LogP contribution in [0.15, 0.2) is 47.4 Å². The third kappa shape index (κ3) is 6.45. The molecular formula is C24H24N2O6S. The van der Waals surface area contributed by atoms with Gasteiger partial charge in [-0.05, 0) is 73.5 Å². The maximum atomic E-state index is 12.7. The minimum absolute atomic E-state index is 0.198. The number of ether oxygens (including phenoxy) is 2. The molecular weight excluding hydrogens is 444 g/mol. The molecule has 9 heteroatoms. The molecule has 1 saturated heterocycles. The van der Waals surface area contributed by atoms with Gasteiger partial charge in [-0.1, -0.05) is 24.3 Å². The van der Waals surface area contributed by atoms with Crippen LogP contribution >= 0.6 is 11.8 Å². The number of thioether (sulfide) groups is 1. The number of hydrogen-bond acceptors (Lipinski definition) is 7. The number of nitrogens with one attached hydrogen (secondary N) is 1. The van der Waals surface area contributed by atoms with E-state index in [0.29, 0.717) is 17.0 Å². The van der Waals surface area contributed by atoms with Gasteiger partial charge in [-0.3, -0.25) is 19.3 Å². The Morgan fingerprint density at radius 2 is 1.82 bits per heavy atom. The van der Waals surface area contributed by atoms with Gasteiger partial charge in [-0.2, -0.15) is 0 Å². The summed E-state index contributed by atoms with van der Waals surface area (Å²) in [4.78, 5) is 50.0. The van der Waals surface area contributed by atoms with Crippen LogP contribution in [0.2, 0.25) is 0 Å². The van der Waals surface area contributed by atoms with Crippen LogP contribution in [0, 0.1) is 13.8 Å². The van der Waals surface area contributed by atoms with Crippen molar-refractivity contribution in [1.82, 2.24) is 4.90 Å². The molecule has 172 valence electrons. The lowest BCUT2D eigenvalue weighted by atomic mass is 10.1. The number of amides is 3. The van der Waals surface area contributed by atoms with Crippen molar-refractivity contribution in [3.8, 4) is 5.75 Å². The summed E-state index contributed by atoms with van der Waals surface area (Å²) < 4.78 is 10.1. The predicted octanol–water partition coefficient (Wildman–Crippen LogP) is 3.92. The van der Waals surface area contributed by atoms with Gasteiger partial charge in [0.2, 0.25) is 5.91 Å². The Labute approximate surface area is 195 Å². The van der Waals surface area contributed by atoms with E-state index >= 15 is 0 Å². The zero-order valence-corrected chi connectivity index (χ0v) is 19.4. The summed E-state index contributed by atoms with van der Waals surface area (Å²) in [6, 6.07) is 12.3. The van der Waals surface area contributed by atoms with Crippen molar-refractivity contribution in [3.05, 3.63) is 64.1 Å². The Morgan fingerprint density at radius 1 is 1.09 bits per heavy atom. The topological polar surface area (TPSA) is 102 Å². The summed E-state index contributed by atoms with van der Waals surface area (Å²) in [6.07, 6.45) is 1.57. The zero-order valence-electron chi connectivity index (χ0n) is 18.5. The van der Waals surface area contributed by atoms with Crippen LogP contribution in [-0.2, 0) is 19.1 Å². The Kier molecular flexibility index (Phi) is 7.89. The number of aryl methyl sites for hydroxylation is 2. The summed E-state index contributed by atoms with van der Waals surface area (Å²) in [5.41, 5.74) is 3.19. The van der Waals surface area contributed by atoms with Crippen molar-refractivity contribution in [2.45, 2.75) is 20.8 Å². The number of rotatable bonds is 8. The van der Waals surface area contributed by atoms with E-state index in [9.17, 15) is 19.2 Å². The number of imide groups is 1. The molecule has 0 bridgehead atoms. The molecule has 1 fully saturated rings. The van der Waals surface area contributed by atoms with Crippen molar-refractivity contribution in [3.63, 3.8) is 0 Å². The fourth-order valence-electron chi connectivity index (χ4n) is 3.00. The van der Waals surface area contributed by atoms with Gasteiger partial charge in [0, 0.05) is 5.69 Å². The van der Waals surface area contributed by atoms with Crippen LogP contribution in [0.1, 0.15) is 23.6 Å². The van der Waals surface area contributed by atoms with Crippen LogP contribution in [0.4, 0.5) is 10.5 Å². The number of hydrogen-bond donors (Lipinski definition) is 1. The molecule has 0 aliphatic carbocycles. The van der Waals surface area contributed by atoms with Gasteiger partial charge in [0.05, 0.1) is 11.5 Å². The lowest BCUT2D eigenvalue weighted by Crippen LogP contribution is -2.36. The van der Waals surface area contributed by atoms with Crippen LogP contribution in [0.25, 0.3) is 6.08 Å². The quantitative estimate of drug-likeness (QED) is 0.463. The fourth-order valence-corrected chi connectivity index (χ4v) is 3.84. The van der Waals surface area contributed by atoms with Gasteiger partial charge < -0.3 is 14.8 Å². The predicted molar refractivity (Wildman–Crippen MR) is 126 cm³/mol. The van der Waals surface area contributed by atoms with Gasteiger partial charge in [0.1, 0.15) is 12.3 Å². The molecule has 1 N–H and O–H groups in total. The smallest absolute Gasteiger partial charge is 0.344 e. The molecule has 1 aliphatic heterocycles. The first kappa shape index (κ1) is 24.1. The Bertz CT molecular complexity index is 1110. The molecule has 3 amide bonds. The number of esters is 1. The SMILES string of the molecule is CCOC(=O)COc1ccc(/C=C2\SC(=O)N(CC(=O)Nc3cc(C)ccc3C)C2=O)cc1. The summed E-state index contributed by atoms with van der Waals surface area (Å²) in [5.74, 6) is -0.965. The number of anilines is 1. The fraction of sp³-hybridized carbons (Fsp3) is 0.250. The second-order valence-electron chi connectivity index (χ2n) is 7.30. The molecule has 2 aromatic rings. The summed E-state index contributed by atoms with van der Waals surface area (Å²) >= 11 is 0.780. The molecule has 0 spiro atoms. The van der Waals surface area contributed by atoms with E-state index in [-0.39, 0.29) is 24.7 Å². The largest absolute Gasteiger partial charge is 0.482 e. The van der Waals surface area contributed by atoms with E-state index in [2.05, 4.69) is 5.32 Å². The second kappa shape index (κ2) is 10.8. The average Bonchev–Trinajstić information content (AvgIpc) is 3.03. The van der Waals surface area contributed by atoms with E-state index in [1.54, 1.807) is 37.3 Å². The molecule has 0 unspecified atom stereocenters. The van der Waals surface area contributed by atoms with Crippen molar-refractivity contribution in [2.24, 2.45) is 0 Å². The van der Waals surface area contributed by atoms with Gasteiger partial charge in [0.15, 0.2) is 6.61 Å². The molecule has 0 saturated carbocycles. The monoisotopic (exact) mass is 468 g/mol. The van der Waals surface area contributed by atoms with Crippen molar-refractivity contribution < 1.29 is 28.7 Å². The zero-order chi connectivity index (χ0) is 24.0. The first-order valence-corrected chi connectivity index (χ1v) is 11.1. The lowest BCUT2D eigenvalue weighted by Gasteiger charge is -2.14. The van der Waals surface area contributed by atoms with E-state index < -0.39 is 23.0 Å². The first-order chi connectivity index (χ1) is 15.8. The normalized spacial score (nSPS) is 14.5. The third-order valence-corrected chi connectivity index (χ3v) is 5.59. The molecule has 0 radical (unpaired) electrons. The van der Waals surface area contributed by atoms with Crippen LogP contribution in [-0.4, -0.2) is 47.7 Å². The molecule has 0 atom stereocenters. The Hall–Kier alpha value is -3.59. The summed E-state index contributed by atoms with van der Waals surface area (Å²) in [7, 11) is 0. The highest BCUT2D eigenvalue weighted by Crippen LogP contribution is 2.32. The standard InChI is InChI=1S/C24H24N2O6S/c1-4-31-22(28)14-32-18-9-7-17(8-10-18)12-20-23(29)26(24(30)33-20)13-21(27)25-19-11-15(2)5-6-16(19)3/h5-12H,4,13-14H2,1-3H3,(H,25,27)/b20-12-. The van der Waals surface area contributed by atoms with Crippen LogP contribution in [0.5, 0.6) is 5.75 Å². The maximum Gasteiger partial charge on any atom is 0.344 e.